The van der Waals surface area contributed by atoms with Gasteiger partial charge in [0.2, 0.25) is 5.41 Å². The molecule has 0 spiro atoms. The van der Waals surface area contributed by atoms with Crippen molar-refractivity contribution in [2.45, 2.75) is 24.4 Å². The molecule has 0 radical (unpaired) electrons. The van der Waals surface area contributed by atoms with Crippen molar-refractivity contribution in [1.82, 2.24) is 0 Å². The van der Waals surface area contributed by atoms with E-state index < -0.39 is 35.8 Å². The highest BCUT2D eigenvalue weighted by Crippen LogP contribution is 2.71. The fourth-order valence-electron chi connectivity index (χ4n) is 1.24. The lowest BCUT2D eigenvalue weighted by atomic mass is 9.97. The van der Waals surface area contributed by atoms with Gasteiger partial charge in [-0.3, -0.25) is 4.79 Å². The Morgan fingerprint density at radius 3 is 1.53 bits per heavy atom. The maximum absolute atomic E-state index is 12.5. The topological polar surface area (TPSA) is 37.3 Å². The summed E-state index contributed by atoms with van der Waals surface area (Å²) in [6.45, 7) is 0. The fourth-order valence-corrected chi connectivity index (χ4v) is 1.24. The molecule has 1 fully saturated rings. The van der Waals surface area contributed by atoms with Crippen LogP contribution < -0.4 is 0 Å². The first-order valence-corrected chi connectivity index (χ1v) is 3.46. The van der Waals surface area contributed by atoms with E-state index in [1.165, 1.54) is 0 Å². The van der Waals surface area contributed by atoms with Gasteiger partial charge in [-0.05, 0) is 0 Å². The van der Waals surface area contributed by atoms with Gasteiger partial charge in [0.25, 0.3) is 5.92 Å². The molecule has 2 nitrogen and oxygen atoms in total. The molecule has 1 aliphatic carbocycles. The molecule has 0 bridgehead atoms. The first kappa shape index (κ1) is 12.1. The van der Waals surface area contributed by atoms with Gasteiger partial charge in [-0.1, -0.05) is 0 Å². The Morgan fingerprint density at radius 1 is 1.13 bits per heavy atom. The van der Waals surface area contributed by atoms with Gasteiger partial charge in [0, 0.05) is 6.42 Å². The Bertz CT molecular complexity index is 307. The largest absolute Gasteiger partial charge is 0.480 e. The highest BCUT2D eigenvalue weighted by Gasteiger charge is 2.93. The lowest BCUT2D eigenvalue weighted by Crippen LogP contribution is -2.51. The molecule has 0 aromatic heterocycles. The average Bonchev–Trinajstić information content (AvgIpc) is 2.53. The smallest absolute Gasteiger partial charge is 0.454 e. The molecule has 9 heteroatoms. The summed E-state index contributed by atoms with van der Waals surface area (Å²) in [5, 5.41) is 8.08. The summed E-state index contributed by atoms with van der Waals surface area (Å²) in [5.74, 6) is -13.3. The van der Waals surface area contributed by atoms with Gasteiger partial charge in [-0.25, -0.2) is 8.78 Å². The van der Waals surface area contributed by atoms with E-state index in [1.807, 2.05) is 0 Å². The molecule has 1 rings (SSSR count). The van der Waals surface area contributed by atoms with Crippen molar-refractivity contribution in [2.75, 3.05) is 0 Å². The quantitative estimate of drug-likeness (QED) is 0.752. The minimum Gasteiger partial charge on any atom is -0.480 e. The highest BCUT2D eigenvalue weighted by atomic mass is 19.4. The monoisotopic (exact) mass is 240 g/mol. The van der Waals surface area contributed by atoms with Crippen molar-refractivity contribution >= 4 is 5.97 Å². The summed E-state index contributed by atoms with van der Waals surface area (Å²) >= 11 is 0. The molecule has 88 valence electrons. The lowest BCUT2D eigenvalue weighted by Gasteiger charge is -2.25. The van der Waals surface area contributed by atoms with Gasteiger partial charge < -0.3 is 5.11 Å². The summed E-state index contributed by atoms with van der Waals surface area (Å²) in [7, 11) is 0. The zero-order valence-corrected chi connectivity index (χ0v) is 6.71. The molecular weight excluding hydrogens is 237 g/mol. The van der Waals surface area contributed by atoms with Crippen LogP contribution in [0.4, 0.5) is 30.7 Å². The van der Waals surface area contributed by atoms with Crippen LogP contribution in [-0.2, 0) is 4.79 Å². The van der Waals surface area contributed by atoms with Crippen LogP contribution in [0.5, 0.6) is 0 Å². The third kappa shape index (κ3) is 1.21. The van der Waals surface area contributed by atoms with Crippen LogP contribution in [0.1, 0.15) is 6.42 Å². The molecule has 0 aliphatic heterocycles. The second-order valence-corrected chi connectivity index (χ2v) is 3.16. The lowest BCUT2D eigenvalue weighted by molar-refractivity contribution is -0.315. The van der Waals surface area contributed by atoms with Crippen LogP contribution >= 0.6 is 0 Å². The zero-order valence-electron chi connectivity index (χ0n) is 6.71. The Balaban J connectivity index is 3.22. The third-order valence-corrected chi connectivity index (χ3v) is 2.24. The van der Waals surface area contributed by atoms with Crippen molar-refractivity contribution in [3.63, 3.8) is 0 Å². The number of rotatable bonds is 2. The number of halogens is 7. The third-order valence-electron chi connectivity index (χ3n) is 2.24. The summed E-state index contributed by atoms with van der Waals surface area (Å²) < 4.78 is 85.0. The Kier molecular flexibility index (Phi) is 2.06. The van der Waals surface area contributed by atoms with Crippen molar-refractivity contribution < 1.29 is 40.6 Å². The molecule has 1 saturated carbocycles. The molecule has 1 aliphatic rings. The molecule has 0 heterocycles. The average molecular weight is 240 g/mol. The Labute approximate surface area is 77.7 Å². The minimum absolute atomic E-state index is 2.01. The number of aliphatic carboxylic acids is 1. The van der Waals surface area contributed by atoms with Crippen molar-refractivity contribution in [2.24, 2.45) is 5.41 Å². The summed E-state index contributed by atoms with van der Waals surface area (Å²) in [5.41, 5.74) is -4.35. The second-order valence-electron chi connectivity index (χ2n) is 3.16. The molecule has 15 heavy (non-hydrogen) atoms. The van der Waals surface area contributed by atoms with Crippen LogP contribution in [-0.4, -0.2) is 29.1 Å². The minimum atomic E-state index is -6.31. The fraction of sp³-hybridized carbons (Fsp3) is 0.833. The van der Waals surface area contributed by atoms with E-state index >= 15 is 0 Å². The van der Waals surface area contributed by atoms with E-state index in [4.69, 9.17) is 5.11 Å². The van der Waals surface area contributed by atoms with Gasteiger partial charge in [0.05, 0.1) is 0 Å². The molecule has 0 aromatic carbocycles. The van der Waals surface area contributed by atoms with E-state index in [2.05, 4.69) is 0 Å². The highest BCUT2D eigenvalue weighted by molar-refractivity contribution is 5.82. The molecular formula is C6H3F7O2. The number of carboxylic acids is 1. The number of alkyl halides is 7. The Morgan fingerprint density at radius 2 is 1.47 bits per heavy atom. The van der Waals surface area contributed by atoms with Crippen molar-refractivity contribution in [3.8, 4) is 0 Å². The van der Waals surface area contributed by atoms with Crippen LogP contribution in [0.15, 0.2) is 0 Å². The van der Waals surface area contributed by atoms with Crippen LogP contribution in [0.3, 0.4) is 0 Å². The molecule has 0 aromatic rings. The van der Waals surface area contributed by atoms with Crippen LogP contribution in [0.25, 0.3) is 0 Å². The van der Waals surface area contributed by atoms with Crippen LogP contribution in [0, 0.1) is 5.41 Å². The van der Waals surface area contributed by atoms with E-state index in [0.717, 1.165) is 0 Å². The van der Waals surface area contributed by atoms with Gasteiger partial charge >= 0.3 is 18.1 Å². The number of carboxylic acid groups (broad SMARTS) is 1. The van der Waals surface area contributed by atoms with Gasteiger partial charge in [0.15, 0.2) is 0 Å². The van der Waals surface area contributed by atoms with Crippen molar-refractivity contribution in [1.29, 1.82) is 0 Å². The van der Waals surface area contributed by atoms with Crippen LogP contribution in [0.2, 0.25) is 0 Å². The maximum atomic E-state index is 12.5. The standard InChI is InChI=1S/C6H3F7O2/c7-4(8)1-3(4,2(14)15)5(9,10)6(11,12)13/h1H2,(H,14,15). The number of carbonyl (C=O) groups is 1. The SMILES string of the molecule is O=C(O)C1(C(F)(F)C(F)(F)F)CC1(F)F. The zero-order chi connectivity index (χ0) is 12.3. The molecule has 0 amide bonds. The van der Waals surface area contributed by atoms with E-state index in [-0.39, 0.29) is 0 Å². The summed E-state index contributed by atoms with van der Waals surface area (Å²) in [4.78, 5) is 10.1. The Hall–Kier alpha value is -1.02. The summed E-state index contributed by atoms with van der Waals surface area (Å²) in [6.07, 6.45) is -8.33. The number of hydrogen-bond donors (Lipinski definition) is 1. The molecule has 1 unspecified atom stereocenters. The number of hydrogen-bond acceptors (Lipinski definition) is 1. The first-order valence-electron chi connectivity index (χ1n) is 3.46. The molecule has 0 saturated heterocycles. The molecule has 1 N–H and O–H groups in total. The van der Waals surface area contributed by atoms with E-state index in [1.54, 1.807) is 0 Å². The second kappa shape index (κ2) is 2.56. The van der Waals surface area contributed by atoms with Gasteiger partial charge in [0.1, 0.15) is 0 Å². The van der Waals surface area contributed by atoms with Crippen molar-refractivity contribution in [3.05, 3.63) is 0 Å². The maximum Gasteiger partial charge on any atom is 0.454 e. The van der Waals surface area contributed by atoms with Gasteiger partial charge in [-0.2, -0.15) is 22.0 Å². The summed E-state index contributed by atoms with van der Waals surface area (Å²) in [6, 6.07) is 0. The van der Waals surface area contributed by atoms with E-state index in [9.17, 15) is 35.5 Å². The van der Waals surface area contributed by atoms with Gasteiger partial charge in [-0.15, -0.1) is 0 Å². The normalized spacial score (nSPS) is 30.1. The first-order chi connectivity index (χ1) is 6.40. The molecule has 1 atom stereocenters. The predicted molar refractivity (Wildman–Crippen MR) is 30.6 cm³/mol. The van der Waals surface area contributed by atoms with E-state index in [0.29, 0.717) is 0 Å². The predicted octanol–water partition coefficient (Wildman–Crippen LogP) is 2.29.